The number of aromatic nitrogens is 2. The Kier molecular flexibility index (Phi) is 3.69. The third-order valence-corrected chi connectivity index (χ3v) is 4.67. The van der Waals surface area contributed by atoms with Gasteiger partial charge in [-0.2, -0.15) is 0 Å². The van der Waals surface area contributed by atoms with Crippen LogP contribution in [0.1, 0.15) is 18.5 Å². The number of alkyl halides is 1. The average Bonchev–Trinajstić information content (AvgIpc) is 2.46. The van der Waals surface area contributed by atoms with Gasteiger partial charge in [-0.25, -0.2) is 9.97 Å². The number of aryl methyl sites for hydroxylation is 1. The maximum absolute atomic E-state index is 4.82. The van der Waals surface area contributed by atoms with E-state index in [1.807, 2.05) is 24.3 Å². The van der Waals surface area contributed by atoms with Crippen molar-refractivity contribution in [3.05, 3.63) is 30.0 Å². The van der Waals surface area contributed by atoms with E-state index in [1.54, 1.807) is 0 Å². The molecular weight excluding hydrogens is 302 g/mol. The van der Waals surface area contributed by atoms with E-state index in [0.717, 1.165) is 46.9 Å². The maximum atomic E-state index is 4.82. The average molecular weight is 320 g/mol. The van der Waals surface area contributed by atoms with Crippen molar-refractivity contribution in [2.24, 2.45) is 5.92 Å². The molecule has 1 aliphatic heterocycles. The Morgan fingerprint density at radius 3 is 2.74 bits per heavy atom. The fraction of sp³-hybridized carbons (Fsp3) is 0.467. The van der Waals surface area contributed by atoms with Gasteiger partial charge in [-0.15, -0.1) is 0 Å². The van der Waals surface area contributed by atoms with Crippen LogP contribution in [0.3, 0.4) is 0 Å². The zero-order chi connectivity index (χ0) is 13.2. The Morgan fingerprint density at radius 1 is 1.26 bits per heavy atom. The predicted octanol–water partition coefficient (Wildman–Crippen LogP) is 3.55. The Bertz CT molecular complexity index is 585. The summed E-state index contributed by atoms with van der Waals surface area (Å²) in [6, 6.07) is 8.10. The van der Waals surface area contributed by atoms with Gasteiger partial charge in [0.2, 0.25) is 0 Å². The van der Waals surface area contributed by atoms with Crippen LogP contribution in [-0.2, 0) is 0 Å². The lowest BCUT2D eigenvalue weighted by atomic mass is 10.0. The van der Waals surface area contributed by atoms with Crippen LogP contribution < -0.4 is 4.90 Å². The monoisotopic (exact) mass is 319 g/mol. The van der Waals surface area contributed by atoms with Crippen LogP contribution in [0.2, 0.25) is 0 Å². The zero-order valence-corrected chi connectivity index (χ0v) is 12.7. The van der Waals surface area contributed by atoms with Gasteiger partial charge < -0.3 is 4.90 Å². The van der Waals surface area contributed by atoms with E-state index in [2.05, 4.69) is 32.7 Å². The van der Waals surface area contributed by atoms with Crippen LogP contribution in [0.15, 0.2) is 24.3 Å². The highest BCUT2D eigenvalue weighted by molar-refractivity contribution is 9.09. The minimum Gasteiger partial charge on any atom is -0.355 e. The molecule has 3 nitrogen and oxygen atoms in total. The molecule has 0 aliphatic carbocycles. The second-order valence-electron chi connectivity index (χ2n) is 5.23. The molecule has 0 spiro atoms. The molecule has 0 N–H and O–H groups in total. The van der Waals surface area contributed by atoms with Gasteiger partial charge >= 0.3 is 0 Å². The Balaban J connectivity index is 1.97. The fourth-order valence-electron chi connectivity index (χ4n) is 2.76. The van der Waals surface area contributed by atoms with Gasteiger partial charge in [-0.05, 0) is 37.8 Å². The van der Waals surface area contributed by atoms with E-state index in [4.69, 9.17) is 4.98 Å². The van der Waals surface area contributed by atoms with Crippen LogP contribution in [0.4, 0.5) is 5.82 Å². The van der Waals surface area contributed by atoms with Crippen molar-refractivity contribution < 1.29 is 0 Å². The molecule has 0 bridgehead atoms. The highest BCUT2D eigenvalue weighted by atomic mass is 79.9. The largest absolute Gasteiger partial charge is 0.355 e. The number of nitrogens with zero attached hydrogens (tertiary/aromatic N) is 3. The first kappa shape index (κ1) is 12.9. The van der Waals surface area contributed by atoms with Crippen molar-refractivity contribution in [3.63, 3.8) is 0 Å². The summed E-state index contributed by atoms with van der Waals surface area (Å²) in [7, 11) is 0. The Labute approximate surface area is 122 Å². The second-order valence-corrected chi connectivity index (χ2v) is 5.88. The van der Waals surface area contributed by atoms with Crippen LogP contribution in [0, 0.1) is 12.8 Å². The molecule has 2 heterocycles. The van der Waals surface area contributed by atoms with E-state index in [0.29, 0.717) is 0 Å². The van der Waals surface area contributed by atoms with E-state index in [1.165, 1.54) is 12.8 Å². The van der Waals surface area contributed by atoms with Crippen LogP contribution in [0.5, 0.6) is 0 Å². The summed E-state index contributed by atoms with van der Waals surface area (Å²) in [4.78, 5) is 11.9. The summed E-state index contributed by atoms with van der Waals surface area (Å²) in [5.74, 6) is 1.78. The molecule has 1 aromatic heterocycles. The number of anilines is 1. The first-order valence-corrected chi connectivity index (χ1v) is 7.94. The molecule has 0 saturated carbocycles. The number of rotatable bonds is 2. The number of piperidine rings is 1. The molecule has 2 aromatic rings. The van der Waals surface area contributed by atoms with Gasteiger partial charge in [0.05, 0.1) is 16.7 Å². The van der Waals surface area contributed by atoms with Crippen molar-refractivity contribution in [2.45, 2.75) is 19.8 Å². The molecule has 1 fully saturated rings. The van der Waals surface area contributed by atoms with Gasteiger partial charge in [-0.3, -0.25) is 0 Å². The normalized spacial score (nSPS) is 19.9. The van der Waals surface area contributed by atoms with Gasteiger partial charge in [0, 0.05) is 18.4 Å². The lowest BCUT2D eigenvalue weighted by Gasteiger charge is -2.33. The number of halogens is 1. The molecule has 1 aliphatic rings. The van der Waals surface area contributed by atoms with Crippen molar-refractivity contribution in [1.29, 1.82) is 0 Å². The maximum Gasteiger partial charge on any atom is 0.150 e. The molecule has 4 heteroatoms. The van der Waals surface area contributed by atoms with Crippen molar-refractivity contribution >= 4 is 32.8 Å². The van der Waals surface area contributed by atoms with E-state index < -0.39 is 0 Å². The number of benzene rings is 1. The molecular formula is C15H18BrN3. The number of hydrogen-bond donors (Lipinski definition) is 0. The van der Waals surface area contributed by atoms with Gasteiger partial charge in [-0.1, -0.05) is 28.1 Å². The molecule has 19 heavy (non-hydrogen) atoms. The standard InChI is InChI=1S/C15H18BrN3/c1-11-15(19-8-4-5-12(9-16)10-19)18-14-7-3-2-6-13(14)17-11/h2-3,6-7,12H,4-5,8-10H2,1H3. The van der Waals surface area contributed by atoms with Crippen LogP contribution in [-0.4, -0.2) is 28.4 Å². The third-order valence-electron chi connectivity index (χ3n) is 3.76. The van der Waals surface area contributed by atoms with Gasteiger partial charge in [0.1, 0.15) is 0 Å². The summed E-state index contributed by atoms with van der Waals surface area (Å²) in [6.07, 6.45) is 2.55. The van der Waals surface area contributed by atoms with Crippen molar-refractivity contribution in [1.82, 2.24) is 9.97 Å². The zero-order valence-electron chi connectivity index (χ0n) is 11.1. The number of fused-ring (bicyclic) bond motifs is 1. The van der Waals surface area contributed by atoms with E-state index >= 15 is 0 Å². The van der Waals surface area contributed by atoms with Crippen molar-refractivity contribution in [3.8, 4) is 0 Å². The molecule has 1 saturated heterocycles. The van der Waals surface area contributed by atoms with Crippen LogP contribution >= 0.6 is 15.9 Å². The van der Waals surface area contributed by atoms with Crippen LogP contribution in [0.25, 0.3) is 11.0 Å². The minimum absolute atomic E-state index is 0.724. The topological polar surface area (TPSA) is 29.0 Å². The summed E-state index contributed by atoms with van der Waals surface area (Å²) >= 11 is 3.61. The molecule has 3 rings (SSSR count). The van der Waals surface area contributed by atoms with Gasteiger partial charge in [0.15, 0.2) is 5.82 Å². The highest BCUT2D eigenvalue weighted by Crippen LogP contribution is 2.26. The molecule has 0 radical (unpaired) electrons. The van der Waals surface area contributed by atoms with Crippen molar-refractivity contribution in [2.75, 3.05) is 23.3 Å². The minimum atomic E-state index is 0.724. The highest BCUT2D eigenvalue weighted by Gasteiger charge is 2.21. The lowest BCUT2D eigenvalue weighted by molar-refractivity contribution is 0.452. The Hall–Kier alpha value is -1.16. The molecule has 1 unspecified atom stereocenters. The predicted molar refractivity (Wildman–Crippen MR) is 83.0 cm³/mol. The first-order valence-electron chi connectivity index (χ1n) is 6.82. The summed E-state index contributed by atoms with van der Waals surface area (Å²) < 4.78 is 0. The fourth-order valence-corrected chi connectivity index (χ4v) is 3.29. The smallest absolute Gasteiger partial charge is 0.150 e. The van der Waals surface area contributed by atoms with Gasteiger partial charge in [0.25, 0.3) is 0 Å². The van der Waals surface area contributed by atoms with E-state index in [9.17, 15) is 0 Å². The quantitative estimate of drug-likeness (QED) is 0.793. The van der Waals surface area contributed by atoms with E-state index in [-0.39, 0.29) is 0 Å². The summed E-state index contributed by atoms with van der Waals surface area (Å²) in [5.41, 5.74) is 3.01. The molecule has 100 valence electrons. The molecule has 1 atom stereocenters. The summed E-state index contributed by atoms with van der Waals surface area (Å²) in [6.45, 7) is 4.24. The SMILES string of the molecule is Cc1nc2ccccc2nc1N1CCCC(CBr)C1. The molecule has 1 aromatic carbocycles. The Morgan fingerprint density at radius 2 is 2.00 bits per heavy atom. The number of para-hydroxylation sites is 2. The third kappa shape index (κ3) is 2.59. The number of hydrogen-bond acceptors (Lipinski definition) is 3. The first-order chi connectivity index (χ1) is 9.28. The second kappa shape index (κ2) is 5.45. The lowest BCUT2D eigenvalue weighted by Crippen LogP contribution is -2.37. The summed E-state index contributed by atoms with van der Waals surface area (Å²) in [5, 5.41) is 1.07. The molecule has 0 amide bonds.